The third kappa shape index (κ3) is 2.47. The number of hydrogen-bond acceptors (Lipinski definition) is 2. The van der Waals surface area contributed by atoms with E-state index in [4.69, 9.17) is 4.74 Å². The first-order valence-corrected chi connectivity index (χ1v) is 6.78. The molecule has 2 unspecified atom stereocenters. The molecule has 1 aromatic rings. The van der Waals surface area contributed by atoms with Crippen LogP contribution >= 0.6 is 0 Å². The van der Waals surface area contributed by atoms with Crippen molar-refractivity contribution in [1.29, 1.82) is 0 Å². The van der Waals surface area contributed by atoms with Crippen molar-refractivity contribution >= 4 is 0 Å². The second-order valence-electron chi connectivity index (χ2n) is 5.39. The lowest BCUT2D eigenvalue weighted by molar-refractivity contribution is 0.250. The Bertz CT molecular complexity index is 369. The molecule has 0 heterocycles. The van der Waals surface area contributed by atoms with Gasteiger partial charge in [-0.3, -0.25) is 0 Å². The van der Waals surface area contributed by atoms with Gasteiger partial charge in [0, 0.05) is 0 Å². The molecule has 17 heavy (non-hydrogen) atoms. The predicted molar refractivity (Wildman–Crippen MR) is 69.5 cm³/mol. The van der Waals surface area contributed by atoms with Gasteiger partial charge in [-0.2, -0.15) is 0 Å². The van der Waals surface area contributed by atoms with Crippen LogP contribution in [0.5, 0.6) is 5.75 Å². The minimum Gasteiger partial charge on any atom is -0.490 e. The van der Waals surface area contributed by atoms with Gasteiger partial charge in [-0.1, -0.05) is 12.1 Å². The first kappa shape index (κ1) is 11.1. The van der Waals surface area contributed by atoms with Crippen LogP contribution in [0, 0.1) is 5.92 Å². The monoisotopic (exact) mass is 231 g/mol. The quantitative estimate of drug-likeness (QED) is 0.841. The molecular weight excluding hydrogens is 210 g/mol. The molecule has 0 amide bonds. The highest BCUT2D eigenvalue weighted by Gasteiger charge is 2.31. The maximum absolute atomic E-state index is 5.77. The van der Waals surface area contributed by atoms with Crippen LogP contribution in [-0.4, -0.2) is 19.7 Å². The molecule has 2 aliphatic rings. The van der Waals surface area contributed by atoms with Crippen molar-refractivity contribution in [3.05, 3.63) is 29.8 Å². The van der Waals surface area contributed by atoms with Crippen molar-refractivity contribution in [2.24, 2.45) is 5.92 Å². The lowest BCUT2D eigenvalue weighted by atomic mass is 9.70. The Balaban J connectivity index is 1.62. The first-order chi connectivity index (χ1) is 8.36. The van der Waals surface area contributed by atoms with E-state index in [1.165, 1.54) is 31.2 Å². The SMILES string of the molecule is CNCC1CCC1c1ccc(OC2CC2)cc1. The Morgan fingerprint density at radius 1 is 1.12 bits per heavy atom. The highest BCUT2D eigenvalue weighted by atomic mass is 16.5. The fourth-order valence-corrected chi connectivity index (χ4v) is 2.69. The van der Waals surface area contributed by atoms with Crippen LogP contribution in [0.15, 0.2) is 24.3 Å². The lowest BCUT2D eigenvalue weighted by Gasteiger charge is -2.37. The van der Waals surface area contributed by atoms with Gasteiger partial charge in [0.05, 0.1) is 6.10 Å². The summed E-state index contributed by atoms with van der Waals surface area (Å²) in [6.45, 7) is 1.14. The van der Waals surface area contributed by atoms with Gasteiger partial charge in [-0.05, 0) is 68.8 Å². The third-order valence-electron chi connectivity index (χ3n) is 4.02. The van der Waals surface area contributed by atoms with Gasteiger partial charge in [0.2, 0.25) is 0 Å². The van der Waals surface area contributed by atoms with Crippen molar-refractivity contribution in [2.45, 2.75) is 37.7 Å². The summed E-state index contributed by atoms with van der Waals surface area (Å²) in [4.78, 5) is 0. The highest BCUT2D eigenvalue weighted by molar-refractivity contribution is 5.31. The zero-order valence-electron chi connectivity index (χ0n) is 10.5. The molecule has 2 saturated carbocycles. The summed E-state index contributed by atoms with van der Waals surface area (Å²) in [7, 11) is 2.04. The molecule has 92 valence electrons. The average molecular weight is 231 g/mol. The van der Waals surface area contributed by atoms with Crippen LogP contribution in [0.4, 0.5) is 0 Å². The number of hydrogen-bond donors (Lipinski definition) is 1. The van der Waals surface area contributed by atoms with Gasteiger partial charge < -0.3 is 10.1 Å². The molecule has 0 spiro atoms. The standard InChI is InChI=1S/C15H21NO/c1-16-10-12-4-9-15(12)11-2-5-13(6-3-11)17-14-7-8-14/h2-3,5-6,12,14-16H,4,7-10H2,1H3. The van der Waals surface area contributed by atoms with E-state index >= 15 is 0 Å². The maximum atomic E-state index is 5.77. The van der Waals surface area contributed by atoms with E-state index in [2.05, 4.69) is 29.6 Å². The van der Waals surface area contributed by atoms with Gasteiger partial charge >= 0.3 is 0 Å². The summed E-state index contributed by atoms with van der Waals surface area (Å²) in [5.41, 5.74) is 1.49. The number of benzene rings is 1. The lowest BCUT2D eigenvalue weighted by Crippen LogP contribution is -2.32. The molecule has 0 bridgehead atoms. The Morgan fingerprint density at radius 3 is 2.41 bits per heavy atom. The highest BCUT2D eigenvalue weighted by Crippen LogP contribution is 2.42. The van der Waals surface area contributed by atoms with E-state index in [1.54, 1.807) is 0 Å². The fourth-order valence-electron chi connectivity index (χ4n) is 2.69. The van der Waals surface area contributed by atoms with Crippen LogP contribution in [0.2, 0.25) is 0 Å². The average Bonchev–Trinajstić information content (AvgIpc) is 3.11. The van der Waals surface area contributed by atoms with E-state index in [9.17, 15) is 0 Å². The van der Waals surface area contributed by atoms with E-state index < -0.39 is 0 Å². The van der Waals surface area contributed by atoms with Gasteiger partial charge in [-0.15, -0.1) is 0 Å². The van der Waals surface area contributed by atoms with Crippen molar-refractivity contribution in [2.75, 3.05) is 13.6 Å². The Kier molecular flexibility index (Phi) is 3.06. The largest absolute Gasteiger partial charge is 0.490 e. The summed E-state index contributed by atoms with van der Waals surface area (Å²) >= 11 is 0. The minimum atomic E-state index is 0.501. The van der Waals surface area contributed by atoms with Gasteiger partial charge in [-0.25, -0.2) is 0 Å². The smallest absolute Gasteiger partial charge is 0.119 e. The second kappa shape index (κ2) is 4.69. The van der Waals surface area contributed by atoms with Gasteiger partial charge in [0.15, 0.2) is 0 Å². The van der Waals surface area contributed by atoms with Crippen LogP contribution < -0.4 is 10.1 Å². The molecule has 3 rings (SSSR count). The normalized spacial score (nSPS) is 27.6. The topological polar surface area (TPSA) is 21.3 Å². The molecule has 2 aliphatic carbocycles. The summed E-state index contributed by atoms with van der Waals surface area (Å²) in [5.74, 6) is 2.63. The van der Waals surface area contributed by atoms with Crippen LogP contribution in [-0.2, 0) is 0 Å². The summed E-state index contributed by atoms with van der Waals surface area (Å²) in [6, 6.07) is 8.79. The van der Waals surface area contributed by atoms with E-state index in [-0.39, 0.29) is 0 Å². The summed E-state index contributed by atoms with van der Waals surface area (Å²) in [6.07, 6.45) is 5.67. The molecule has 2 atom stereocenters. The molecule has 0 radical (unpaired) electrons. The maximum Gasteiger partial charge on any atom is 0.119 e. The van der Waals surface area contributed by atoms with E-state index in [0.29, 0.717) is 6.10 Å². The zero-order valence-corrected chi connectivity index (χ0v) is 10.5. The number of rotatable bonds is 5. The van der Waals surface area contributed by atoms with E-state index in [0.717, 1.165) is 24.1 Å². The molecule has 1 aromatic carbocycles. The Labute approximate surface area is 103 Å². The fraction of sp³-hybridized carbons (Fsp3) is 0.600. The molecular formula is C15H21NO. The van der Waals surface area contributed by atoms with Crippen molar-refractivity contribution in [1.82, 2.24) is 5.32 Å². The molecule has 0 aromatic heterocycles. The zero-order chi connectivity index (χ0) is 11.7. The first-order valence-electron chi connectivity index (χ1n) is 6.78. The van der Waals surface area contributed by atoms with Gasteiger partial charge in [0.25, 0.3) is 0 Å². The van der Waals surface area contributed by atoms with Gasteiger partial charge in [0.1, 0.15) is 5.75 Å². The third-order valence-corrected chi connectivity index (χ3v) is 4.02. The Hall–Kier alpha value is -1.02. The summed E-state index contributed by atoms with van der Waals surface area (Å²) < 4.78 is 5.77. The minimum absolute atomic E-state index is 0.501. The van der Waals surface area contributed by atoms with Crippen LogP contribution in [0.1, 0.15) is 37.2 Å². The molecule has 2 heteroatoms. The van der Waals surface area contributed by atoms with Crippen LogP contribution in [0.3, 0.4) is 0 Å². The number of ether oxygens (including phenoxy) is 1. The van der Waals surface area contributed by atoms with Crippen molar-refractivity contribution in [3.8, 4) is 5.75 Å². The van der Waals surface area contributed by atoms with Crippen LogP contribution in [0.25, 0.3) is 0 Å². The molecule has 2 nitrogen and oxygen atoms in total. The predicted octanol–water partition coefficient (Wildman–Crippen LogP) is 2.94. The molecule has 2 fully saturated rings. The van der Waals surface area contributed by atoms with Crippen molar-refractivity contribution < 1.29 is 4.74 Å². The number of nitrogens with one attached hydrogen (secondary N) is 1. The summed E-state index contributed by atoms with van der Waals surface area (Å²) in [5, 5.41) is 3.29. The second-order valence-corrected chi connectivity index (χ2v) is 5.39. The molecule has 0 aliphatic heterocycles. The van der Waals surface area contributed by atoms with Crippen molar-refractivity contribution in [3.63, 3.8) is 0 Å². The molecule has 1 N–H and O–H groups in total. The Morgan fingerprint density at radius 2 is 1.88 bits per heavy atom. The van der Waals surface area contributed by atoms with E-state index in [1.807, 2.05) is 7.05 Å². The molecule has 0 saturated heterocycles.